The molecule has 4 unspecified atom stereocenters. The van der Waals surface area contributed by atoms with E-state index in [2.05, 4.69) is 24.5 Å². The van der Waals surface area contributed by atoms with Gasteiger partial charge in [-0.15, -0.1) is 0 Å². The summed E-state index contributed by atoms with van der Waals surface area (Å²) in [5.74, 6) is -0.0614. The first-order valence-electron chi connectivity index (χ1n) is 13.6. The molecule has 1 aliphatic rings. The van der Waals surface area contributed by atoms with Crippen molar-refractivity contribution in [1.82, 2.24) is 15.5 Å². The van der Waals surface area contributed by atoms with Crippen LogP contribution in [0.4, 0.5) is 4.79 Å². The second kappa shape index (κ2) is 13.2. The number of alkyl carbamates (subject to hydrolysis) is 1. The quantitative estimate of drug-likeness (QED) is 0.329. The van der Waals surface area contributed by atoms with Gasteiger partial charge in [0.2, 0.25) is 11.8 Å². The third-order valence-electron chi connectivity index (χ3n) is 6.52. The molecule has 1 aromatic rings. The molecule has 0 radical (unpaired) electrons. The Kier molecular flexibility index (Phi) is 10.8. The minimum absolute atomic E-state index is 0.122. The van der Waals surface area contributed by atoms with Gasteiger partial charge in [0.1, 0.15) is 23.4 Å². The lowest BCUT2D eigenvalue weighted by atomic mass is 9.97. The van der Waals surface area contributed by atoms with E-state index in [4.69, 9.17) is 4.74 Å². The highest BCUT2D eigenvalue weighted by Crippen LogP contribution is 2.41. The first-order valence-corrected chi connectivity index (χ1v) is 13.6. The number of aryl methyl sites for hydroxylation is 1. The molecule has 1 aliphatic carbocycles. The summed E-state index contributed by atoms with van der Waals surface area (Å²) in [5.41, 5.74) is 0.560. The number of rotatable bonds is 12. The molecule has 8 nitrogen and oxygen atoms in total. The molecular weight excluding hydrogens is 470 g/mol. The summed E-state index contributed by atoms with van der Waals surface area (Å²) >= 11 is 0. The molecule has 2 rings (SSSR count). The van der Waals surface area contributed by atoms with Crippen LogP contribution in [0, 0.1) is 18.8 Å². The molecule has 0 spiro atoms. The van der Waals surface area contributed by atoms with E-state index in [9.17, 15) is 19.5 Å². The summed E-state index contributed by atoms with van der Waals surface area (Å²) in [4.78, 5) is 42.2. The third kappa shape index (κ3) is 9.24. The number of hydrogen-bond acceptors (Lipinski definition) is 5. The molecule has 0 aliphatic heterocycles. The lowest BCUT2D eigenvalue weighted by Gasteiger charge is -2.35. The molecule has 0 aromatic heterocycles. The zero-order valence-corrected chi connectivity index (χ0v) is 23.9. The van der Waals surface area contributed by atoms with Gasteiger partial charge in [-0.1, -0.05) is 46.6 Å². The molecular formula is C29H47N3O5. The van der Waals surface area contributed by atoms with Crippen molar-refractivity contribution in [1.29, 1.82) is 0 Å². The Balaban J connectivity index is 2.46. The average molecular weight is 518 g/mol. The molecule has 208 valence electrons. The van der Waals surface area contributed by atoms with Crippen LogP contribution in [-0.4, -0.2) is 52.1 Å². The molecule has 37 heavy (non-hydrogen) atoms. The Hall–Kier alpha value is -2.77. The number of unbranched alkanes of at least 4 members (excludes halogenated alkanes) is 2. The van der Waals surface area contributed by atoms with Crippen molar-refractivity contribution >= 4 is 17.9 Å². The fourth-order valence-electron chi connectivity index (χ4n) is 4.47. The van der Waals surface area contributed by atoms with Gasteiger partial charge in [0, 0.05) is 12.6 Å². The van der Waals surface area contributed by atoms with Crippen molar-refractivity contribution in [2.45, 2.75) is 111 Å². The number of phenols is 1. The largest absolute Gasteiger partial charge is 0.508 e. The highest BCUT2D eigenvalue weighted by Gasteiger charge is 2.48. The van der Waals surface area contributed by atoms with Gasteiger partial charge in [-0.05, 0) is 82.1 Å². The molecule has 0 heterocycles. The Morgan fingerprint density at radius 1 is 1.19 bits per heavy atom. The van der Waals surface area contributed by atoms with Crippen LogP contribution in [0.3, 0.4) is 0 Å². The van der Waals surface area contributed by atoms with Crippen molar-refractivity contribution in [3.8, 4) is 5.75 Å². The van der Waals surface area contributed by atoms with Crippen LogP contribution in [0.2, 0.25) is 0 Å². The normalized spacial score (nSPS) is 18.6. The van der Waals surface area contributed by atoms with E-state index in [1.54, 1.807) is 50.8 Å². The van der Waals surface area contributed by atoms with Crippen LogP contribution >= 0.6 is 0 Å². The summed E-state index contributed by atoms with van der Waals surface area (Å²) < 4.78 is 5.45. The number of carbonyl (C=O) groups is 3. The predicted octanol–water partition coefficient (Wildman–Crippen LogP) is 5.22. The number of hydrogen-bond donors (Lipinski definition) is 3. The van der Waals surface area contributed by atoms with Crippen LogP contribution in [0.25, 0.3) is 0 Å². The van der Waals surface area contributed by atoms with Gasteiger partial charge in [-0.3, -0.25) is 9.59 Å². The Labute approximate surface area is 222 Å². The SMILES string of the molecule is CCCCCNC(=O)C(c1ccc(O)c(C)c1)N(C(=O)C(CC(C)C)NC(=O)OC(C)(C)C)C1CC1C. The smallest absolute Gasteiger partial charge is 0.408 e. The monoisotopic (exact) mass is 517 g/mol. The fourth-order valence-corrected chi connectivity index (χ4v) is 4.47. The number of ether oxygens (including phenoxy) is 1. The summed E-state index contributed by atoms with van der Waals surface area (Å²) in [6, 6.07) is 3.19. The van der Waals surface area contributed by atoms with E-state index in [1.165, 1.54) is 0 Å². The van der Waals surface area contributed by atoms with Crippen molar-refractivity contribution < 1.29 is 24.2 Å². The molecule has 3 amide bonds. The molecule has 1 saturated carbocycles. The van der Waals surface area contributed by atoms with E-state index >= 15 is 0 Å². The standard InChI is InChI=1S/C29H47N3O5/c1-9-10-11-14-30-26(34)25(21-12-13-24(33)20(5)16-21)32(23-17-19(23)4)27(35)22(15-18(2)3)31-28(36)37-29(6,7)8/h12-13,16,18-19,22-23,25,33H,9-11,14-15,17H2,1-8H3,(H,30,34)(H,31,36). The summed E-state index contributed by atoms with van der Waals surface area (Å²) in [7, 11) is 0. The average Bonchev–Trinajstić information content (AvgIpc) is 3.50. The number of amides is 3. The van der Waals surface area contributed by atoms with Gasteiger partial charge in [0.25, 0.3) is 0 Å². The van der Waals surface area contributed by atoms with Crippen molar-refractivity contribution in [2.75, 3.05) is 6.54 Å². The lowest BCUT2D eigenvalue weighted by molar-refractivity contribution is -0.143. The summed E-state index contributed by atoms with van der Waals surface area (Å²) in [6.45, 7) is 15.8. The Morgan fingerprint density at radius 2 is 1.84 bits per heavy atom. The van der Waals surface area contributed by atoms with Crippen molar-refractivity contribution in [3.63, 3.8) is 0 Å². The predicted molar refractivity (Wildman–Crippen MR) is 145 cm³/mol. The maximum Gasteiger partial charge on any atom is 0.408 e. The first kappa shape index (κ1) is 30.5. The second-order valence-electron chi connectivity index (χ2n) is 11.8. The molecule has 8 heteroatoms. The van der Waals surface area contributed by atoms with E-state index in [1.807, 2.05) is 13.8 Å². The number of benzene rings is 1. The molecule has 1 aromatic carbocycles. The van der Waals surface area contributed by atoms with E-state index in [0.717, 1.165) is 25.7 Å². The minimum atomic E-state index is -0.876. The number of carbonyl (C=O) groups excluding carboxylic acids is 3. The number of aromatic hydroxyl groups is 1. The van der Waals surface area contributed by atoms with Crippen LogP contribution in [0.1, 0.15) is 97.7 Å². The molecule has 0 saturated heterocycles. The van der Waals surface area contributed by atoms with Gasteiger partial charge in [0.15, 0.2) is 0 Å². The fraction of sp³-hybridized carbons (Fsp3) is 0.690. The number of phenolic OH excluding ortho intramolecular Hbond substituents is 1. The van der Waals surface area contributed by atoms with Gasteiger partial charge >= 0.3 is 6.09 Å². The zero-order chi connectivity index (χ0) is 27.9. The van der Waals surface area contributed by atoms with E-state index in [0.29, 0.717) is 24.1 Å². The van der Waals surface area contributed by atoms with Crippen LogP contribution in [0.5, 0.6) is 5.75 Å². The maximum atomic E-state index is 14.2. The van der Waals surface area contributed by atoms with Crippen LogP contribution in [0.15, 0.2) is 18.2 Å². The Morgan fingerprint density at radius 3 is 2.35 bits per heavy atom. The molecule has 0 bridgehead atoms. The van der Waals surface area contributed by atoms with Gasteiger partial charge in [-0.25, -0.2) is 4.79 Å². The second-order valence-corrected chi connectivity index (χ2v) is 11.8. The number of nitrogens with zero attached hydrogens (tertiary/aromatic N) is 1. The Bertz CT molecular complexity index is 940. The van der Waals surface area contributed by atoms with Gasteiger partial charge in [0.05, 0.1) is 0 Å². The molecule has 3 N–H and O–H groups in total. The van der Waals surface area contributed by atoms with Gasteiger partial charge < -0.3 is 25.4 Å². The van der Waals surface area contributed by atoms with Crippen molar-refractivity contribution in [3.05, 3.63) is 29.3 Å². The van der Waals surface area contributed by atoms with E-state index < -0.39 is 23.8 Å². The number of nitrogens with one attached hydrogen (secondary N) is 2. The maximum absolute atomic E-state index is 14.2. The topological polar surface area (TPSA) is 108 Å². The highest BCUT2D eigenvalue weighted by molar-refractivity contribution is 5.92. The lowest BCUT2D eigenvalue weighted by Crippen LogP contribution is -2.54. The van der Waals surface area contributed by atoms with E-state index in [-0.39, 0.29) is 35.4 Å². The first-order chi connectivity index (χ1) is 17.2. The van der Waals surface area contributed by atoms with Crippen molar-refractivity contribution in [2.24, 2.45) is 11.8 Å². The van der Waals surface area contributed by atoms with Crippen LogP contribution < -0.4 is 10.6 Å². The highest BCUT2D eigenvalue weighted by atomic mass is 16.6. The van der Waals surface area contributed by atoms with Crippen LogP contribution in [-0.2, 0) is 14.3 Å². The van der Waals surface area contributed by atoms with Gasteiger partial charge in [-0.2, -0.15) is 0 Å². The summed E-state index contributed by atoms with van der Waals surface area (Å²) in [5, 5.41) is 15.9. The molecule has 4 atom stereocenters. The molecule has 1 fully saturated rings. The minimum Gasteiger partial charge on any atom is -0.508 e. The zero-order valence-electron chi connectivity index (χ0n) is 23.9. The third-order valence-corrected chi connectivity index (χ3v) is 6.52. The summed E-state index contributed by atoms with van der Waals surface area (Å²) in [6.07, 6.45) is 3.43.